The first-order valence-electron chi connectivity index (χ1n) is 7.22. The number of fused-ring (bicyclic) bond motifs is 1. The van der Waals surface area contributed by atoms with Gasteiger partial charge < -0.3 is 5.11 Å². The van der Waals surface area contributed by atoms with E-state index in [2.05, 4.69) is 18.0 Å². The molecular formula is C17H18N2O2. The van der Waals surface area contributed by atoms with E-state index in [1.165, 1.54) is 6.42 Å². The molecule has 4 heteroatoms. The molecule has 1 N–H and O–H groups in total. The van der Waals surface area contributed by atoms with E-state index >= 15 is 0 Å². The fraction of sp³-hybridized carbons (Fsp3) is 0.353. The molecule has 2 rings (SSSR count). The number of nitrogens with zero attached hydrogens (tertiary/aromatic N) is 2. The SMILES string of the molecule is CCCCCCc1c(C#N)cnc2ccc(C(=O)O)cc12. The van der Waals surface area contributed by atoms with Gasteiger partial charge >= 0.3 is 5.97 Å². The molecule has 4 nitrogen and oxygen atoms in total. The van der Waals surface area contributed by atoms with E-state index in [1.54, 1.807) is 24.4 Å². The molecule has 1 aromatic heterocycles. The van der Waals surface area contributed by atoms with Crippen molar-refractivity contribution in [2.75, 3.05) is 0 Å². The maximum absolute atomic E-state index is 11.1. The summed E-state index contributed by atoms with van der Waals surface area (Å²) in [7, 11) is 0. The third kappa shape index (κ3) is 3.38. The standard InChI is InChI=1S/C17H18N2O2/c1-2-3-4-5-6-14-13(10-18)11-19-16-8-7-12(17(20)21)9-15(14)16/h7-9,11H,2-6H2,1H3,(H,20,21). The average molecular weight is 282 g/mol. The van der Waals surface area contributed by atoms with Crippen LogP contribution >= 0.6 is 0 Å². The number of aryl methyl sites for hydroxylation is 1. The molecule has 0 fully saturated rings. The van der Waals surface area contributed by atoms with E-state index in [9.17, 15) is 10.1 Å². The zero-order valence-electron chi connectivity index (χ0n) is 12.1. The van der Waals surface area contributed by atoms with Gasteiger partial charge in [-0.15, -0.1) is 0 Å². The van der Waals surface area contributed by atoms with E-state index in [0.29, 0.717) is 5.56 Å². The lowest BCUT2D eigenvalue weighted by molar-refractivity contribution is 0.0697. The van der Waals surface area contributed by atoms with Crippen molar-refractivity contribution in [3.63, 3.8) is 0 Å². The van der Waals surface area contributed by atoms with Gasteiger partial charge in [0.1, 0.15) is 6.07 Å². The van der Waals surface area contributed by atoms with Crippen LogP contribution in [0.1, 0.15) is 54.1 Å². The van der Waals surface area contributed by atoms with Crippen molar-refractivity contribution in [1.82, 2.24) is 4.98 Å². The van der Waals surface area contributed by atoms with Crippen molar-refractivity contribution in [3.05, 3.63) is 41.1 Å². The molecule has 0 amide bonds. The Morgan fingerprint density at radius 1 is 1.33 bits per heavy atom. The van der Waals surface area contributed by atoms with Crippen LogP contribution in [0.25, 0.3) is 10.9 Å². The number of carboxylic acid groups (broad SMARTS) is 1. The van der Waals surface area contributed by atoms with Crippen molar-refractivity contribution in [2.24, 2.45) is 0 Å². The van der Waals surface area contributed by atoms with Crippen molar-refractivity contribution in [2.45, 2.75) is 39.0 Å². The molecule has 0 aliphatic carbocycles. The van der Waals surface area contributed by atoms with Crippen molar-refractivity contribution >= 4 is 16.9 Å². The molecule has 1 aromatic carbocycles. The molecule has 0 saturated heterocycles. The largest absolute Gasteiger partial charge is 0.478 e. The number of hydrogen-bond donors (Lipinski definition) is 1. The molecular weight excluding hydrogens is 264 g/mol. The maximum atomic E-state index is 11.1. The number of nitriles is 1. The highest BCUT2D eigenvalue weighted by atomic mass is 16.4. The second-order valence-corrected chi connectivity index (χ2v) is 5.11. The van der Waals surface area contributed by atoms with Crippen LogP contribution in [-0.2, 0) is 6.42 Å². The summed E-state index contributed by atoms with van der Waals surface area (Å²) in [4.78, 5) is 15.4. The lowest BCUT2D eigenvalue weighted by atomic mass is 9.97. The van der Waals surface area contributed by atoms with Gasteiger partial charge in [0.2, 0.25) is 0 Å². The Hall–Kier alpha value is -2.41. The molecule has 0 aliphatic heterocycles. The minimum atomic E-state index is -0.962. The average Bonchev–Trinajstić information content (AvgIpc) is 2.50. The van der Waals surface area contributed by atoms with Crippen molar-refractivity contribution in [3.8, 4) is 6.07 Å². The van der Waals surface area contributed by atoms with Crippen LogP contribution in [0.15, 0.2) is 24.4 Å². The van der Waals surface area contributed by atoms with Gasteiger partial charge in [-0.25, -0.2) is 4.79 Å². The number of unbranched alkanes of at least 4 members (excludes halogenated alkanes) is 3. The van der Waals surface area contributed by atoms with Crippen LogP contribution in [0, 0.1) is 11.3 Å². The van der Waals surface area contributed by atoms with E-state index in [1.807, 2.05) is 0 Å². The molecule has 0 atom stereocenters. The number of benzene rings is 1. The maximum Gasteiger partial charge on any atom is 0.335 e. The predicted octanol–water partition coefficient (Wildman–Crippen LogP) is 3.93. The second-order valence-electron chi connectivity index (χ2n) is 5.11. The highest BCUT2D eigenvalue weighted by Crippen LogP contribution is 2.24. The molecule has 0 aliphatic rings. The van der Waals surface area contributed by atoms with Crippen LogP contribution < -0.4 is 0 Å². The Morgan fingerprint density at radius 2 is 2.14 bits per heavy atom. The van der Waals surface area contributed by atoms with E-state index in [4.69, 9.17) is 5.11 Å². The van der Waals surface area contributed by atoms with E-state index in [0.717, 1.165) is 42.1 Å². The number of pyridine rings is 1. The van der Waals surface area contributed by atoms with Gasteiger partial charge in [-0.2, -0.15) is 5.26 Å². The van der Waals surface area contributed by atoms with Crippen LogP contribution in [0.5, 0.6) is 0 Å². The molecule has 2 aromatic rings. The van der Waals surface area contributed by atoms with Gasteiger partial charge in [0, 0.05) is 11.6 Å². The van der Waals surface area contributed by atoms with Crippen LogP contribution in [0.4, 0.5) is 0 Å². The van der Waals surface area contributed by atoms with Crippen LogP contribution in [0.3, 0.4) is 0 Å². The summed E-state index contributed by atoms with van der Waals surface area (Å²) < 4.78 is 0. The summed E-state index contributed by atoms with van der Waals surface area (Å²) in [6, 6.07) is 7.04. The lowest BCUT2D eigenvalue weighted by Gasteiger charge is -2.09. The first-order chi connectivity index (χ1) is 10.2. The Balaban J connectivity index is 2.44. The Labute approximate surface area is 124 Å². The second kappa shape index (κ2) is 6.85. The summed E-state index contributed by atoms with van der Waals surface area (Å²) >= 11 is 0. The van der Waals surface area contributed by atoms with Gasteiger partial charge in [-0.1, -0.05) is 26.2 Å². The zero-order valence-corrected chi connectivity index (χ0v) is 12.1. The number of aromatic nitrogens is 1. The van der Waals surface area contributed by atoms with Gasteiger partial charge in [0.25, 0.3) is 0 Å². The lowest BCUT2D eigenvalue weighted by Crippen LogP contribution is -1.99. The minimum absolute atomic E-state index is 0.231. The fourth-order valence-electron chi connectivity index (χ4n) is 2.47. The number of carbonyl (C=O) groups is 1. The summed E-state index contributed by atoms with van der Waals surface area (Å²) in [5.41, 5.74) is 2.43. The summed E-state index contributed by atoms with van der Waals surface area (Å²) in [6.45, 7) is 2.15. The number of rotatable bonds is 6. The Kier molecular flexibility index (Phi) is 4.89. The predicted molar refractivity (Wildman–Crippen MR) is 81.3 cm³/mol. The van der Waals surface area contributed by atoms with Gasteiger partial charge in [0.15, 0.2) is 0 Å². The molecule has 0 unspecified atom stereocenters. The van der Waals surface area contributed by atoms with Gasteiger partial charge in [-0.3, -0.25) is 4.98 Å². The third-order valence-corrected chi connectivity index (χ3v) is 3.63. The Bertz CT molecular complexity index is 702. The number of hydrogen-bond acceptors (Lipinski definition) is 3. The van der Waals surface area contributed by atoms with Crippen molar-refractivity contribution in [1.29, 1.82) is 5.26 Å². The molecule has 1 heterocycles. The molecule has 0 radical (unpaired) electrons. The monoisotopic (exact) mass is 282 g/mol. The van der Waals surface area contributed by atoms with E-state index in [-0.39, 0.29) is 5.56 Å². The van der Waals surface area contributed by atoms with Crippen LogP contribution in [0.2, 0.25) is 0 Å². The molecule has 108 valence electrons. The first-order valence-corrected chi connectivity index (χ1v) is 7.22. The topological polar surface area (TPSA) is 74.0 Å². The molecule has 0 bridgehead atoms. The quantitative estimate of drug-likeness (QED) is 0.815. The minimum Gasteiger partial charge on any atom is -0.478 e. The molecule has 0 saturated carbocycles. The first kappa shape index (κ1) is 15.0. The number of aromatic carboxylic acids is 1. The fourth-order valence-corrected chi connectivity index (χ4v) is 2.47. The van der Waals surface area contributed by atoms with Gasteiger partial charge in [0.05, 0.1) is 16.6 Å². The zero-order chi connectivity index (χ0) is 15.2. The number of carboxylic acids is 1. The van der Waals surface area contributed by atoms with Gasteiger partial charge in [-0.05, 0) is 36.6 Å². The highest BCUT2D eigenvalue weighted by molar-refractivity contribution is 5.94. The highest BCUT2D eigenvalue weighted by Gasteiger charge is 2.11. The Morgan fingerprint density at radius 3 is 2.81 bits per heavy atom. The smallest absolute Gasteiger partial charge is 0.335 e. The summed E-state index contributed by atoms with van der Waals surface area (Å²) in [5.74, 6) is -0.962. The third-order valence-electron chi connectivity index (χ3n) is 3.63. The normalized spacial score (nSPS) is 10.5. The summed E-state index contributed by atoms with van der Waals surface area (Å²) in [5, 5.41) is 19.2. The van der Waals surface area contributed by atoms with Crippen LogP contribution in [-0.4, -0.2) is 16.1 Å². The van der Waals surface area contributed by atoms with E-state index < -0.39 is 5.97 Å². The van der Waals surface area contributed by atoms with Crippen molar-refractivity contribution < 1.29 is 9.90 Å². The molecule has 0 spiro atoms. The molecule has 21 heavy (non-hydrogen) atoms. The summed E-state index contributed by atoms with van der Waals surface area (Å²) in [6.07, 6.45) is 6.81.